The molecule has 102 valence electrons. The first-order valence-electron chi connectivity index (χ1n) is 5.52. The molecule has 0 saturated heterocycles. The topological polar surface area (TPSA) is 66.8 Å². The zero-order valence-electron chi connectivity index (χ0n) is 10.6. The summed E-state index contributed by atoms with van der Waals surface area (Å²) in [5.41, 5.74) is 1.70. The molecule has 0 spiro atoms. The Hall–Kier alpha value is 0.962. The molecule has 0 aliphatic rings. The van der Waals surface area contributed by atoms with E-state index in [1.807, 2.05) is 39.8 Å². The maximum atomic E-state index is 10.9. The van der Waals surface area contributed by atoms with Crippen molar-refractivity contribution in [2.75, 3.05) is 0 Å². The van der Waals surface area contributed by atoms with Crippen molar-refractivity contribution in [3.8, 4) is 5.75 Å². The van der Waals surface area contributed by atoms with E-state index >= 15 is 0 Å². The fraction of sp³-hybridized carbons (Fsp3) is 0.500. The van der Waals surface area contributed by atoms with Gasteiger partial charge in [-0.1, -0.05) is 39.8 Å². The Labute approximate surface area is 157 Å². The Morgan fingerprint density at radius 2 is 1.65 bits per heavy atom. The molecule has 0 bridgehead atoms. The van der Waals surface area contributed by atoms with Crippen molar-refractivity contribution < 1.29 is 18.9 Å². The summed E-state index contributed by atoms with van der Waals surface area (Å²) >= 11 is 0. The van der Waals surface area contributed by atoms with Gasteiger partial charge in [0, 0.05) is 5.56 Å². The van der Waals surface area contributed by atoms with E-state index in [0.29, 0.717) is 0 Å². The van der Waals surface area contributed by atoms with Crippen molar-refractivity contribution in [2.45, 2.75) is 39.5 Å². The predicted octanol–water partition coefficient (Wildman–Crippen LogP) is 1.07. The molecular formula is C12H22Li3O4P. The van der Waals surface area contributed by atoms with Crippen LogP contribution in [0.4, 0.5) is 0 Å². The zero-order valence-corrected chi connectivity index (χ0v) is 11.5. The maximum absolute atomic E-state index is 10.9. The van der Waals surface area contributed by atoms with Gasteiger partial charge in [0.2, 0.25) is 0 Å². The first-order valence-corrected chi connectivity index (χ1v) is 7.05. The van der Waals surface area contributed by atoms with Gasteiger partial charge in [-0.2, -0.15) is 0 Å². The average Bonchev–Trinajstić information content (AvgIpc) is 2.14. The van der Waals surface area contributed by atoms with E-state index < -0.39 is 7.82 Å². The number of benzene rings is 1. The van der Waals surface area contributed by atoms with Crippen LogP contribution in [0.1, 0.15) is 38.8 Å². The molecule has 20 heavy (non-hydrogen) atoms. The van der Waals surface area contributed by atoms with Crippen molar-refractivity contribution in [1.29, 1.82) is 0 Å². The molecule has 0 radical (unpaired) electrons. The minimum absolute atomic E-state index is 0. The molecule has 0 aliphatic heterocycles. The van der Waals surface area contributed by atoms with E-state index in [0.717, 1.165) is 17.5 Å². The summed E-state index contributed by atoms with van der Waals surface area (Å²) < 4.78 is 15.6. The van der Waals surface area contributed by atoms with Crippen molar-refractivity contribution in [2.24, 2.45) is 0 Å². The van der Waals surface area contributed by atoms with Gasteiger partial charge < -0.3 is 4.52 Å². The number of hydrogen-bond donors (Lipinski definition) is 2. The Morgan fingerprint density at radius 1 is 1.15 bits per heavy atom. The van der Waals surface area contributed by atoms with Gasteiger partial charge in [0.15, 0.2) is 0 Å². The predicted molar refractivity (Wildman–Crippen MR) is 88.6 cm³/mol. The molecule has 0 saturated carbocycles. The van der Waals surface area contributed by atoms with E-state index in [9.17, 15) is 4.57 Å². The summed E-state index contributed by atoms with van der Waals surface area (Å²) in [6.45, 7) is 7.97. The number of rotatable bonds is 3. The molecule has 1 aromatic rings. The summed E-state index contributed by atoms with van der Waals surface area (Å²) in [6.07, 6.45) is 0.874. The van der Waals surface area contributed by atoms with E-state index in [2.05, 4.69) is 0 Å². The molecule has 4 nitrogen and oxygen atoms in total. The molecular weight excluding hydrogens is 260 g/mol. The van der Waals surface area contributed by atoms with Gasteiger partial charge in [0.05, 0.1) is 0 Å². The molecule has 0 heterocycles. The molecule has 0 atom stereocenters. The van der Waals surface area contributed by atoms with Crippen LogP contribution in [0.15, 0.2) is 18.2 Å². The molecule has 8 heteroatoms. The van der Waals surface area contributed by atoms with Gasteiger partial charge in [-0.3, -0.25) is 9.79 Å². The Bertz CT molecular complexity index is 455. The third-order valence-corrected chi connectivity index (χ3v) is 2.91. The van der Waals surface area contributed by atoms with Crippen molar-refractivity contribution in [3.05, 3.63) is 29.3 Å². The van der Waals surface area contributed by atoms with Crippen molar-refractivity contribution in [1.82, 2.24) is 0 Å². The van der Waals surface area contributed by atoms with Crippen LogP contribution in [0.25, 0.3) is 0 Å². The standard InChI is InChI=1S/C12H19O4P.3Li.3H/c1-5-9-6-7-11(16-17(13,14)15)10(8-9)12(2,3)4;;;;;;/h6-8H,5H2,1-4H3,(H2,13,14,15);;;;;;. The molecule has 2 N–H and O–H groups in total. The second-order valence-electron chi connectivity index (χ2n) is 5.02. The minimum atomic E-state index is -4.51. The summed E-state index contributed by atoms with van der Waals surface area (Å²) in [5, 5.41) is 0. The van der Waals surface area contributed by atoms with Crippen LogP contribution in [-0.4, -0.2) is 66.4 Å². The second kappa shape index (κ2) is 9.87. The Kier molecular flexibility index (Phi) is 12.8. The van der Waals surface area contributed by atoms with Crippen LogP contribution in [0.3, 0.4) is 0 Å². The van der Waals surface area contributed by atoms with Gasteiger partial charge >= 0.3 is 64.4 Å². The van der Waals surface area contributed by atoms with E-state index in [-0.39, 0.29) is 67.7 Å². The SMILES string of the molecule is CCc1ccc(OP(=O)(O)O)c(C(C)(C)C)c1.[LiH].[LiH].[LiH]. The van der Waals surface area contributed by atoms with Crippen LogP contribution < -0.4 is 4.52 Å². The van der Waals surface area contributed by atoms with Gasteiger partial charge in [-0.15, -0.1) is 0 Å². The first kappa shape index (κ1) is 25.9. The Balaban J connectivity index is -0.000000963. The molecule has 0 aromatic heterocycles. The molecule has 1 rings (SSSR count). The van der Waals surface area contributed by atoms with Crippen LogP contribution in [0.2, 0.25) is 0 Å². The summed E-state index contributed by atoms with van der Waals surface area (Å²) in [5.74, 6) is 0.253. The third-order valence-electron chi connectivity index (χ3n) is 2.48. The molecule has 0 amide bonds. The van der Waals surface area contributed by atoms with Crippen molar-refractivity contribution in [3.63, 3.8) is 0 Å². The van der Waals surface area contributed by atoms with Crippen LogP contribution in [0.5, 0.6) is 5.75 Å². The fourth-order valence-corrected chi connectivity index (χ4v) is 2.01. The fourth-order valence-electron chi connectivity index (χ4n) is 1.59. The molecule has 0 fully saturated rings. The van der Waals surface area contributed by atoms with Gasteiger partial charge in [0.25, 0.3) is 0 Å². The number of aryl methyl sites for hydroxylation is 1. The first-order chi connectivity index (χ1) is 7.63. The van der Waals surface area contributed by atoms with E-state index in [1.54, 1.807) is 6.07 Å². The van der Waals surface area contributed by atoms with Gasteiger partial charge in [0.1, 0.15) is 5.75 Å². The summed E-state index contributed by atoms with van der Waals surface area (Å²) in [6, 6.07) is 5.38. The molecule has 0 aliphatic carbocycles. The van der Waals surface area contributed by atoms with Crippen LogP contribution in [0, 0.1) is 0 Å². The quantitative estimate of drug-likeness (QED) is 0.643. The second-order valence-corrected chi connectivity index (χ2v) is 6.18. The number of phosphoric acid groups is 1. The van der Waals surface area contributed by atoms with E-state index in [4.69, 9.17) is 14.3 Å². The van der Waals surface area contributed by atoms with Crippen molar-refractivity contribution >= 4 is 64.4 Å². The number of phosphoric ester groups is 1. The van der Waals surface area contributed by atoms with Gasteiger partial charge in [-0.05, 0) is 23.5 Å². The van der Waals surface area contributed by atoms with Crippen LogP contribution in [-0.2, 0) is 16.4 Å². The monoisotopic (exact) mass is 282 g/mol. The third kappa shape index (κ3) is 8.42. The van der Waals surface area contributed by atoms with Crippen LogP contribution >= 0.6 is 7.82 Å². The Morgan fingerprint density at radius 3 is 2.00 bits per heavy atom. The summed E-state index contributed by atoms with van der Waals surface area (Å²) in [4.78, 5) is 17.8. The molecule has 0 unspecified atom stereocenters. The van der Waals surface area contributed by atoms with E-state index in [1.165, 1.54) is 0 Å². The summed E-state index contributed by atoms with van der Waals surface area (Å²) in [7, 11) is -4.51. The zero-order chi connectivity index (χ0) is 13.3. The number of hydrogen-bond acceptors (Lipinski definition) is 2. The average molecular weight is 282 g/mol. The van der Waals surface area contributed by atoms with Gasteiger partial charge in [-0.25, -0.2) is 4.57 Å². The normalized spacial score (nSPS) is 10.7. The molecule has 1 aromatic carbocycles.